The predicted molar refractivity (Wildman–Crippen MR) is 292 cm³/mol. The van der Waals surface area contributed by atoms with Gasteiger partial charge in [-0.3, -0.25) is 0 Å². The van der Waals surface area contributed by atoms with Crippen LogP contribution in [0.15, 0.2) is 231 Å². The number of hydrogen-bond acceptors (Lipinski definition) is 2. The van der Waals surface area contributed by atoms with Gasteiger partial charge in [0.05, 0.1) is 30.6 Å². The van der Waals surface area contributed by atoms with Gasteiger partial charge in [0, 0.05) is 33.2 Å². The van der Waals surface area contributed by atoms with Gasteiger partial charge in [0.25, 0.3) is 0 Å². The number of anilines is 6. The van der Waals surface area contributed by atoms with E-state index < -0.39 is 13.5 Å². The van der Waals surface area contributed by atoms with Crippen LogP contribution in [0.5, 0.6) is 0 Å². The number of rotatable bonds is 7. The maximum Gasteiger partial charge on any atom is 0.0775 e. The molecule has 1 atom stereocenters. The first-order chi connectivity index (χ1) is 33.3. The van der Waals surface area contributed by atoms with Crippen LogP contribution in [0.1, 0.15) is 27.8 Å². The third kappa shape index (κ3) is 5.95. The summed E-state index contributed by atoms with van der Waals surface area (Å²) in [5.74, 6) is 0. The fourth-order valence-corrected chi connectivity index (χ4v) is 12.9. The Morgan fingerprint density at radius 3 is 1.46 bits per heavy atom. The average Bonchev–Trinajstić information content (AvgIpc) is 3.66. The zero-order valence-electron chi connectivity index (χ0n) is 38.8. The third-order valence-electron chi connectivity index (χ3n) is 14.9. The smallest absolute Gasteiger partial charge is 0.0775 e. The van der Waals surface area contributed by atoms with Crippen molar-refractivity contribution in [2.24, 2.45) is 0 Å². The summed E-state index contributed by atoms with van der Waals surface area (Å²) in [5.41, 5.74) is 17.9. The number of hydrogen-bond donors (Lipinski definition) is 0. The van der Waals surface area contributed by atoms with Crippen LogP contribution in [0.2, 0.25) is 19.6 Å². The van der Waals surface area contributed by atoms with Crippen molar-refractivity contribution in [3.05, 3.63) is 258 Å². The first-order valence-corrected chi connectivity index (χ1v) is 27.4. The highest BCUT2D eigenvalue weighted by atomic mass is 28.3. The highest BCUT2D eigenvalue weighted by molar-refractivity contribution is 6.88. The van der Waals surface area contributed by atoms with Gasteiger partial charge in [-0.1, -0.05) is 206 Å². The molecule has 0 N–H and O–H groups in total. The van der Waals surface area contributed by atoms with Crippen LogP contribution in [0.3, 0.4) is 0 Å². The summed E-state index contributed by atoms with van der Waals surface area (Å²) < 4.78 is 0. The van der Waals surface area contributed by atoms with Gasteiger partial charge in [-0.2, -0.15) is 0 Å². The summed E-state index contributed by atoms with van der Waals surface area (Å²) in [5, 5.41) is 8.86. The summed E-state index contributed by atoms with van der Waals surface area (Å²) in [7, 11) is -1.54. The molecule has 3 heteroatoms. The minimum atomic E-state index is -1.54. The molecule has 68 heavy (non-hydrogen) atoms. The Bertz CT molecular complexity index is 3800. The summed E-state index contributed by atoms with van der Waals surface area (Å²) in [4.78, 5) is 4.99. The van der Waals surface area contributed by atoms with E-state index in [0.717, 1.165) is 28.4 Å². The van der Waals surface area contributed by atoms with Crippen molar-refractivity contribution in [3.8, 4) is 22.3 Å². The Morgan fingerprint density at radius 2 is 0.794 bits per heavy atom. The lowest BCUT2D eigenvalue weighted by Gasteiger charge is -2.41. The van der Waals surface area contributed by atoms with E-state index in [9.17, 15) is 0 Å². The molecule has 0 bridgehead atoms. The lowest BCUT2D eigenvalue weighted by molar-refractivity contribution is 0.773. The molecule has 0 aromatic heterocycles. The lowest BCUT2D eigenvalue weighted by atomic mass is 9.61. The SMILES string of the molecule is Cc1ccc(N(c2cccc3ccccc23)c2ccc3c4c(cccc24)C2(c4ccccc4-c4ccc(N(c5ccc([Si](C)(C)C)cc5)c5cccc6ccccc56)cc42)c2ccccc2-3)cc1. The molecular formula is C65H50N2Si. The minimum Gasteiger partial charge on any atom is -0.310 e. The largest absolute Gasteiger partial charge is 0.310 e. The summed E-state index contributed by atoms with van der Waals surface area (Å²) >= 11 is 0. The van der Waals surface area contributed by atoms with E-state index in [0.29, 0.717) is 0 Å². The monoisotopic (exact) mass is 886 g/mol. The predicted octanol–water partition coefficient (Wildman–Crippen LogP) is 17.3. The van der Waals surface area contributed by atoms with Crippen molar-refractivity contribution in [1.29, 1.82) is 0 Å². The van der Waals surface area contributed by atoms with Crippen LogP contribution < -0.4 is 15.0 Å². The molecule has 0 saturated carbocycles. The van der Waals surface area contributed by atoms with Crippen LogP contribution >= 0.6 is 0 Å². The first-order valence-electron chi connectivity index (χ1n) is 23.9. The third-order valence-corrected chi connectivity index (χ3v) is 16.9. The Hall–Kier alpha value is -7.98. The molecule has 324 valence electrons. The van der Waals surface area contributed by atoms with Crippen LogP contribution in [-0.4, -0.2) is 8.07 Å². The number of fused-ring (bicyclic) bond motifs is 11. The summed E-state index contributed by atoms with van der Waals surface area (Å²) in [6.07, 6.45) is 0. The molecule has 0 fully saturated rings. The van der Waals surface area contributed by atoms with Crippen molar-refractivity contribution in [1.82, 2.24) is 0 Å². The molecule has 2 nitrogen and oxygen atoms in total. The molecule has 0 radical (unpaired) electrons. The molecule has 0 aliphatic heterocycles. The molecule has 1 spiro atoms. The van der Waals surface area contributed by atoms with Crippen molar-refractivity contribution in [2.75, 3.05) is 9.80 Å². The van der Waals surface area contributed by atoms with Gasteiger partial charge in [-0.05, 0) is 122 Å². The molecule has 2 aliphatic rings. The van der Waals surface area contributed by atoms with Gasteiger partial charge in [0.2, 0.25) is 0 Å². The Morgan fingerprint density at radius 1 is 0.338 bits per heavy atom. The highest BCUT2D eigenvalue weighted by Crippen LogP contribution is 2.63. The molecule has 0 saturated heterocycles. The molecule has 13 rings (SSSR count). The van der Waals surface area contributed by atoms with E-state index >= 15 is 0 Å². The van der Waals surface area contributed by atoms with Crippen molar-refractivity contribution in [2.45, 2.75) is 32.0 Å². The Balaban J connectivity index is 1.10. The van der Waals surface area contributed by atoms with Gasteiger partial charge < -0.3 is 9.80 Å². The first kappa shape index (κ1) is 40.3. The number of benzene rings is 11. The van der Waals surface area contributed by atoms with Gasteiger partial charge in [-0.25, -0.2) is 0 Å². The van der Waals surface area contributed by atoms with E-state index in [1.165, 1.54) is 93.3 Å². The molecule has 11 aromatic rings. The van der Waals surface area contributed by atoms with Crippen LogP contribution in [0, 0.1) is 6.92 Å². The molecule has 1 unspecified atom stereocenters. The van der Waals surface area contributed by atoms with Crippen molar-refractivity contribution >= 4 is 79.7 Å². The standard InChI is InChI=1S/C65H50N2Si/c1-43-30-32-47(33-31-43)67(62-29-14-19-45-17-6-8-21-51(45)62)63-41-40-55-53-23-10-12-26-58(53)65(59-27-15-24-56(63)64(55)59)57-25-11-9-22-52(57)54-39-36-48(42-60(54)65)66(46-34-37-49(38-35-46)68(2,3)4)61-28-13-18-44-16-5-7-20-50(44)61/h5-42H,1-4H3. The van der Waals surface area contributed by atoms with Crippen LogP contribution in [0.4, 0.5) is 34.1 Å². The average molecular weight is 887 g/mol. The topological polar surface area (TPSA) is 6.48 Å². The summed E-state index contributed by atoms with van der Waals surface area (Å²) in [6, 6.07) is 87.0. The van der Waals surface area contributed by atoms with Crippen molar-refractivity contribution < 1.29 is 0 Å². The fraction of sp³-hybridized carbons (Fsp3) is 0.0769. The zero-order valence-corrected chi connectivity index (χ0v) is 39.8. The van der Waals surface area contributed by atoms with Gasteiger partial charge >= 0.3 is 0 Å². The molecule has 0 amide bonds. The van der Waals surface area contributed by atoms with Crippen LogP contribution in [-0.2, 0) is 5.41 Å². The van der Waals surface area contributed by atoms with Crippen LogP contribution in [0.25, 0.3) is 54.6 Å². The Labute approximate surface area is 400 Å². The highest BCUT2D eigenvalue weighted by Gasteiger charge is 2.50. The second-order valence-corrected chi connectivity index (χ2v) is 24.8. The molecule has 11 aromatic carbocycles. The van der Waals surface area contributed by atoms with Crippen molar-refractivity contribution in [3.63, 3.8) is 0 Å². The maximum atomic E-state index is 2.53. The lowest BCUT2D eigenvalue weighted by Crippen LogP contribution is -2.37. The molecule has 0 heterocycles. The van der Waals surface area contributed by atoms with Gasteiger partial charge in [-0.15, -0.1) is 0 Å². The second kappa shape index (κ2) is 15.3. The van der Waals surface area contributed by atoms with E-state index in [1.807, 2.05) is 0 Å². The normalized spacial score (nSPS) is 14.5. The minimum absolute atomic E-state index is 0.607. The number of nitrogens with zero attached hydrogens (tertiary/aromatic N) is 2. The van der Waals surface area contributed by atoms with E-state index in [-0.39, 0.29) is 0 Å². The Kier molecular flexibility index (Phi) is 9.06. The zero-order chi connectivity index (χ0) is 45.7. The second-order valence-electron chi connectivity index (χ2n) is 19.7. The summed E-state index contributed by atoms with van der Waals surface area (Å²) in [6.45, 7) is 9.44. The molecule has 2 aliphatic carbocycles. The maximum absolute atomic E-state index is 2.53. The quantitative estimate of drug-likeness (QED) is 0.147. The van der Waals surface area contributed by atoms with Gasteiger partial charge in [0.1, 0.15) is 0 Å². The van der Waals surface area contributed by atoms with E-state index in [4.69, 9.17) is 0 Å². The fourth-order valence-electron chi connectivity index (χ4n) is 11.7. The molecular weight excluding hydrogens is 837 g/mol. The number of aryl methyl sites for hydroxylation is 1. The van der Waals surface area contributed by atoms with E-state index in [2.05, 4.69) is 267 Å². The van der Waals surface area contributed by atoms with E-state index in [1.54, 1.807) is 0 Å². The van der Waals surface area contributed by atoms with Gasteiger partial charge in [0.15, 0.2) is 0 Å².